The lowest BCUT2D eigenvalue weighted by Crippen LogP contribution is -1.95. The first-order valence-corrected chi connectivity index (χ1v) is 6.58. The van der Waals surface area contributed by atoms with E-state index in [1.54, 1.807) is 12.1 Å². The van der Waals surface area contributed by atoms with Gasteiger partial charge in [-0.2, -0.15) is 0 Å². The molecule has 2 aromatic rings. The molecule has 0 spiro atoms. The lowest BCUT2D eigenvalue weighted by Gasteiger charge is -2.04. The predicted molar refractivity (Wildman–Crippen MR) is 72.2 cm³/mol. The molecule has 0 radical (unpaired) electrons. The molecule has 1 heterocycles. The Bertz CT molecular complexity index is 485. The Kier molecular flexibility index (Phi) is 4.04. The molecule has 0 atom stereocenters. The zero-order valence-electron chi connectivity index (χ0n) is 9.65. The van der Waals surface area contributed by atoms with Crippen molar-refractivity contribution in [3.8, 4) is 0 Å². The second kappa shape index (κ2) is 5.54. The molecule has 0 bridgehead atoms. The number of aryl methyl sites for hydroxylation is 1. The summed E-state index contributed by atoms with van der Waals surface area (Å²) >= 11 is 7.26. The van der Waals surface area contributed by atoms with Crippen molar-refractivity contribution in [1.29, 1.82) is 0 Å². The first kappa shape index (κ1) is 13.1. The summed E-state index contributed by atoms with van der Waals surface area (Å²) in [7, 11) is 0. The van der Waals surface area contributed by atoms with E-state index in [0.29, 0.717) is 22.4 Å². The van der Waals surface area contributed by atoms with Crippen molar-refractivity contribution in [1.82, 2.24) is 9.97 Å². The van der Waals surface area contributed by atoms with Crippen molar-refractivity contribution in [2.75, 3.05) is 5.73 Å². The van der Waals surface area contributed by atoms with Gasteiger partial charge in [-0.25, -0.2) is 14.4 Å². The summed E-state index contributed by atoms with van der Waals surface area (Å²) in [4.78, 5) is 9.10. The molecule has 2 rings (SSSR count). The molecule has 94 valence electrons. The van der Waals surface area contributed by atoms with E-state index in [2.05, 4.69) is 9.97 Å². The molecule has 1 aromatic heterocycles. The summed E-state index contributed by atoms with van der Waals surface area (Å²) < 4.78 is 13.1. The molecule has 6 heteroatoms. The standard InChI is InChI=1S/C12H11ClFN3S/c1-7-2-11(13)17-12(16-7)6-18-10-4-8(14)3-9(15)5-10/h2-5H,6,15H2,1H3. The van der Waals surface area contributed by atoms with E-state index in [-0.39, 0.29) is 5.82 Å². The van der Waals surface area contributed by atoms with Crippen molar-refractivity contribution in [2.45, 2.75) is 17.6 Å². The number of halogens is 2. The second-order valence-corrected chi connectivity index (χ2v) is 5.19. The van der Waals surface area contributed by atoms with Gasteiger partial charge in [0.15, 0.2) is 0 Å². The Labute approximate surface area is 114 Å². The highest BCUT2D eigenvalue weighted by Crippen LogP contribution is 2.25. The number of hydrogen-bond acceptors (Lipinski definition) is 4. The molecule has 0 aliphatic rings. The average molecular weight is 284 g/mol. The van der Waals surface area contributed by atoms with Crippen molar-refractivity contribution in [3.05, 3.63) is 46.8 Å². The smallest absolute Gasteiger partial charge is 0.140 e. The summed E-state index contributed by atoms with van der Waals surface area (Å²) in [5, 5.41) is 0.414. The molecule has 1 aromatic carbocycles. The van der Waals surface area contributed by atoms with Crippen LogP contribution in [-0.2, 0) is 5.75 Å². The van der Waals surface area contributed by atoms with Gasteiger partial charge in [0.25, 0.3) is 0 Å². The quantitative estimate of drug-likeness (QED) is 0.532. The van der Waals surface area contributed by atoms with Crippen LogP contribution in [0.5, 0.6) is 0 Å². The van der Waals surface area contributed by atoms with Crippen LogP contribution >= 0.6 is 23.4 Å². The van der Waals surface area contributed by atoms with Crippen molar-refractivity contribution in [2.24, 2.45) is 0 Å². The summed E-state index contributed by atoms with van der Waals surface area (Å²) in [5.74, 6) is 0.790. The molecule has 18 heavy (non-hydrogen) atoms. The summed E-state index contributed by atoms with van der Waals surface area (Å²) in [5.41, 5.74) is 6.78. The Hall–Kier alpha value is -1.33. The Morgan fingerprint density at radius 2 is 2.06 bits per heavy atom. The Morgan fingerprint density at radius 1 is 1.28 bits per heavy atom. The largest absolute Gasteiger partial charge is 0.399 e. The minimum atomic E-state index is -0.347. The molecule has 3 nitrogen and oxygen atoms in total. The second-order valence-electron chi connectivity index (χ2n) is 3.76. The first-order valence-electron chi connectivity index (χ1n) is 5.22. The molecular formula is C12H11ClFN3S. The molecule has 0 fully saturated rings. The fourth-order valence-electron chi connectivity index (χ4n) is 1.47. The van der Waals surface area contributed by atoms with Crippen LogP contribution in [0.4, 0.5) is 10.1 Å². The number of anilines is 1. The van der Waals surface area contributed by atoms with Crippen molar-refractivity contribution in [3.63, 3.8) is 0 Å². The van der Waals surface area contributed by atoms with Crippen LogP contribution in [-0.4, -0.2) is 9.97 Å². The number of benzene rings is 1. The fourth-order valence-corrected chi connectivity index (χ4v) is 2.56. The van der Waals surface area contributed by atoms with E-state index >= 15 is 0 Å². The molecule has 0 aliphatic heterocycles. The summed E-state index contributed by atoms with van der Waals surface area (Å²) in [6.07, 6.45) is 0. The number of nitrogens with zero attached hydrogens (tertiary/aromatic N) is 2. The van der Waals surface area contributed by atoms with Crippen LogP contribution in [0.1, 0.15) is 11.5 Å². The number of thioether (sulfide) groups is 1. The number of nitrogen functional groups attached to an aromatic ring is 1. The molecule has 0 saturated heterocycles. The average Bonchev–Trinajstić information content (AvgIpc) is 2.23. The number of rotatable bonds is 3. The van der Waals surface area contributed by atoms with Crippen LogP contribution in [0.2, 0.25) is 5.15 Å². The molecule has 0 unspecified atom stereocenters. The minimum Gasteiger partial charge on any atom is -0.399 e. The van der Waals surface area contributed by atoms with E-state index in [4.69, 9.17) is 17.3 Å². The SMILES string of the molecule is Cc1cc(Cl)nc(CSc2cc(N)cc(F)c2)n1. The highest BCUT2D eigenvalue weighted by atomic mass is 35.5. The zero-order chi connectivity index (χ0) is 13.1. The molecule has 0 saturated carbocycles. The third-order valence-electron chi connectivity index (χ3n) is 2.13. The minimum absolute atomic E-state index is 0.347. The maximum absolute atomic E-state index is 13.1. The van der Waals surface area contributed by atoms with Gasteiger partial charge >= 0.3 is 0 Å². The van der Waals surface area contributed by atoms with Gasteiger partial charge in [-0.1, -0.05) is 11.6 Å². The topological polar surface area (TPSA) is 51.8 Å². The van der Waals surface area contributed by atoms with Crippen LogP contribution in [0.3, 0.4) is 0 Å². The zero-order valence-corrected chi connectivity index (χ0v) is 11.2. The Balaban J connectivity index is 2.11. The maximum atomic E-state index is 13.1. The van der Waals surface area contributed by atoms with Crippen LogP contribution in [0.25, 0.3) is 0 Å². The van der Waals surface area contributed by atoms with Crippen LogP contribution in [0, 0.1) is 12.7 Å². The van der Waals surface area contributed by atoms with Gasteiger partial charge in [-0.05, 0) is 31.2 Å². The van der Waals surface area contributed by atoms with E-state index in [0.717, 1.165) is 10.6 Å². The van der Waals surface area contributed by atoms with E-state index < -0.39 is 0 Å². The number of hydrogen-bond donors (Lipinski definition) is 1. The van der Waals surface area contributed by atoms with Crippen molar-refractivity contribution >= 4 is 29.1 Å². The third kappa shape index (κ3) is 3.58. The van der Waals surface area contributed by atoms with Gasteiger partial charge in [0.05, 0.1) is 5.75 Å². The third-order valence-corrected chi connectivity index (χ3v) is 3.30. The van der Waals surface area contributed by atoms with Gasteiger partial charge in [0.2, 0.25) is 0 Å². The number of aromatic nitrogens is 2. The van der Waals surface area contributed by atoms with Crippen LogP contribution in [0.15, 0.2) is 29.2 Å². The Morgan fingerprint density at radius 3 is 2.72 bits per heavy atom. The molecule has 2 N–H and O–H groups in total. The fraction of sp³-hybridized carbons (Fsp3) is 0.167. The monoisotopic (exact) mass is 283 g/mol. The summed E-state index contributed by atoms with van der Waals surface area (Å²) in [6, 6.07) is 6.11. The number of nitrogens with two attached hydrogens (primary N) is 1. The first-order chi connectivity index (χ1) is 8.52. The lowest BCUT2D eigenvalue weighted by atomic mass is 10.3. The molecule has 0 amide bonds. The van der Waals surface area contributed by atoms with E-state index in [1.807, 2.05) is 6.92 Å². The van der Waals surface area contributed by atoms with Gasteiger partial charge in [-0.3, -0.25) is 0 Å². The van der Waals surface area contributed by atoms with Crippen LogP contribution < -0.4 is 5.73 Å². The van der Waals surface area contributed by atoms with Gasteiger partial charge < -0.3 is 5.73 Å². The molecular weight excluding hydrogens is 273 g/mol. The summed E-state index contributed by atoms with van der Waals surface area (Å²) in [6.45, 7) is 1.85. The van der Waals surface area contributed by atoms with E-state index in [9.17, 15) is 4.39 Å². The molecule has 0 aliphatic carbocycles. The predicted octanol–water partition coefficient (Wildman–Crippen LogP) is 3.45. The highest BCUT2D eigenvalue weighted by Gasteiger charge is 2.04. The maximum Gasteiger partial charge on any atom is 0.140 e. The highest BCUT2D eigenvalue weighted by molar-refractivity contribution is 7.98. The van der Waals surface area contributed by atoms with E-state index in [1.165, 1.54) is 23.9 Å². The normalized spacial score (nSPS) is 10.6. The van der Waals surface area contributed by atoms with Gasteiger partial charge in [0, 0.05) is 16.3 Å². The van der Waals surface area contributed by atoms with Gasteiger partial charge in [-0.15, -0.1) is 11.8 Å². The van der Waals surface area contributed by atoms with Crippen molar-refractivity contribution < 1.29 is 4.39 Å². The van der Waals surface area contributed by atoms with Gasteiger partial charge in [0.1, 0.15) is 16.8 Å². The lowest BCUT2D eigenvalue weighted by molar-refractivity contribution is 0.625.